The number of benzene rings is 1. The highest BCUT2D eigenvalue weighted by Crippen LogP contribution is 2.40. The quantitative estimate of drug-likeness (QED) is 0.594. The molecule has 1 aromatic carbocycles. The van der Waals surface area contributed by atoms with Crippen molar-refractivity contribution in [1.29, 1.82) is 0 Å². The van der Waals surface area contributed by atoms with Crippen molar-refractivity contribution in [2.75, 3.05) is 36.7 Å². The second-order valence-corrected chi connectivity index (χ2v) is 10.1. The van der Waals surface area contributed by atoms with E-state index >= 15 is 0 Å². The Bertz CT molecular complexity index is 692. The maximum Gasteiger partial charge on any atom is 0.233 e. The molecule has 1 aliphatic heterocycles. The minimum Gasteiger partial charge on any atom is -0.329 e. The summed E-state index contributed by atoms with van der Waals surface area (Å²) in [5.74, 6) is 0.464. The molecule has 3 N–H and O–H groups in total. The van der Waals surface area contributed by atoms with Crippen molar-refractivity contribution < 1.29 is 8.42 Å². The van der Waals surface area contributed by atoms with E-state index in [1.54, 1.807) is 0 Å². The number of piperidine rings is 1. The molecule has 1 aromatic rings. The summed E-state index contributed by atoms with van der Waals surface area (Å²) in [4.78, 5) is 2.59. The molecule has 1 fully saturated rings. The van der Waals surface area contributed by atoms with Crippen molar-refractivity contribution in [3.8, 4) is 0 Å². The topological polar surface area (TPSA) is 75.4 Å². The molecule has 0 radical (unpaired) electrons. The molecule has 0 bridgehead atoms. The first-order valence-corrected chi connectivity index (χ1v) is 12.0. The fraction of sp³-hybridized carbons (Fsp3) is 0.714. The van der Waals surface area contributed by atoms with Crippen molar-refractivity contribution >= 4 is 15.7 Å². The number of nitrogens with one attached hydrogen (secondary N) is 1. The van der Waals surface area contributed by atoms with Gasteiger partial charge in [-0.15, -0.1) is 0 Å². The number of nitrogens with zero attached hydrogens (tertiary/aromatic N) is 1. The Morgan fingerprint density at radius 3 is 2.74 bits per heavy atom. The fourth-order valence-corrected chi connectivity index (χ4v) is 4.93. The number of sulfonamides is 1. The van der Waals surface area contributed by atoms with E-state index in [1.807, 2.05) is 18.2 Å². The molecule has 0 aliphatic carbocycles. The fourth-order valence-electron chi connectivity index (χ4n) is 4.03. The number of anilines is 1. The molecule has 0 aromatic heterocycles. The zero-order chi connectivity index (χ0) is 19.9. The summed E-state index contributed by atoms with van der Waals surface area (Å²) >= 11 is 0. The van der Waals surface area contributed by atoms with E-state index in [0.717, 1.165) is 19.5 Å². The monoisotopic (exact) mass is 395 g/mol. The Hall–Kier alpha value is -1.11. The minimum absolute atomic E-state index is 0.0576. The van der Waals surface area contributed by atoms with Crippen molar-refractivity contribution in [2.45, 2.75) is 58.3 Å². The lowest BCUT2D eigenvalue weighted by Crippen LogP contribution is -2.47. The van der Waals surface area contributed by atoms with Gasteiger partial charge >= 0.3 is 0 Å². The van der Waals surface area contributed by atoms with E-state index in [1.165, 1.54) is 37.8 Å². The van der Waals surface area contributed by atoms with Crippen LogP contribution in [0.3, 0.4) is 0 Å². The largest absolute Gasteiger partial charge is 0.329 e. The molecule has 6 heteroatoms. The van der Waals surface area contributed by atoms with Crippen LogP contribution in [0.5, 0.6) is 0 Å². The first kappa shape index (κ1) is 22.2. The maximum absolute atomic E-state index is 12.0. The van der Waals surface area contributed by atoms with Gasteiger partial charge in [0.2, 0.25) is 10.0 Å². The van der Waals surface area contributed by atoms with Crippen LogP contribution in [-0.4, -0.2) is 45.2 Å². The van der Waals surface area contributed by atoms with E-state index < -0.39 is 10.0 Å². The third kappa shape index (κ3) is 6.19. The molecule has 154 valence electrons. The van der Waals surface area contributed by atoms with Crippen LogP contribution in [0.1, 0.15) is 58.4 Å². The summed E-state index contributed by atoms with van der Waals surface area (Å²) < 4.78 is 26.7. The van der Waals surface area contributed by atoms with Crippen LogP contribution >= 0.6 is 0 Å². The summed E-state index contributed by atoms with van der Waals surface area (Å²) in [5, 5.41) is 0. The van der Waals surface area contributed by atoms with Gasteiger partial charge in [-0.3, -0.25) is 4.72 Å². The van der Waals surface area contributed by atoms with Crippen molar-refractivity contribution in [1.82, 2.24) is 4.90 Å². The predicted molar refractivity (Wildman–Crippen MR) is 115 cm³/mol. The van der Waals surface area contributed by atoms with E-state index in [9.17, 15) is 8.42 Å². The summed E-state index contributed by atoms with van der Waals surface area (Å²) in [6.07, 6.45) is 6.31. The Balaban J connectivity index is 2.04. The number of nitrogens with two attached hydrogens (primary N) is 1. The summed E-state index contributed by atoms with van der Waals surface area (Å²) in [6.45, 7) is 10.4. The summed E-state index contributed by atoms with van der Waals surface area (Å²) in [5.41, 5.74) is 7.31. The molecule has 27 heavy (non-hydrogen) atoms. The SMILES string of the molecule is CCCCCCN1CCC(C)(c2cccc(NS(=O)(=O)CCN)c2)C(C)C1. The number of rotatable bonds is 10. The average molecular weight is 396 g/mol. The van der Waals surface area contributed by atoms with Gasteiger partial charge in [0.1, 0.15) is 0 Å². The lowest BCUT2D eigenvalue weighted by Gasteiger charge is -2.45. The maximum atomic E-state index is 12.0. The average Bonchev–Trinajstić information content (AvgIpc) is 2.61. The highest BCUT2D eigenvalue weighted by atomic mass is 32.2. The molecular formula is C21H37N3O2S. The number of unbranched alkanes of at least 4 members (excludes halogenated alkanes) is 3. The molecule has 1 saturated heterocycles. The van der Waals surface area contributed by atoms with Gasteiger partial charge in [-0.1, -0.05) is 52.2 Å². The molecule has 5 nitrogen and oxygen atoms in total. The van der Waals surface area contributed by atoms with Gasteiger partial charge in [0.25, 0.3) is 0 Å². The number of likely N-dealkylation sites (tertiary alicyclic amines) is 1. The van der Waals surface area contributed by atoms with Gasteiger partial charge in [-0.25, -0.2) is 8.42 Å². The van der Waals surface area contributed by atoms with Crippen LogP contribution in [0.15, 0.2) is 24.3 Å². The standard InChI is InChI=1S/C21H37N3O2S/c1-4-5-6-7-13-24-14-11-21(3,18(2)17-24)19-9-8-10-20(16-19)23-27(25,26)15-12-22/h8-10,16,18,23H,4-7,11-15,17,22H2,1-3H3. The van der Waals surface area contributed by atoms with Crippen LogP contribution in [0.25, 0.3) is 0 Å². The predicted octanol–water partition coefficient (Wildman–Crippen LogP) is 3.57. The smallest absolute Gasteiger partial charge is 0.233 e. The second-order valence-electron chi connectivity index (χ2n) is 8.22. The zero-order valence-electron chi connectivity index (χ0n) is 17.2. The molecule has 0 saturated carbocycles. The van der Waals surface area contributed by atoms with Gasteiger partial charge in [0, 0.05) is 18.8 Å². The van der Waals surface area contributed by atoms with E-state index in [2.05, 4.69) is 36.5 Å². The Morgan fingerprint density at radius 2 is 2.07 bits per heavy atom. The zero-order valence-corrected chi connectivity index (χ0v) is 18.0. The van der Waals surface area contributed by atoms with Crippen LogP contribution in [0.4, 0.5) is 5.69 Å². The Kier molecular flexibility index (Phi) is 8.13. The van der Waals surface area contributed by atoms with Crippen molar-refractivity contribution in [3.63, 3.8) is 0 Å². The first-order chi connectivity index (χ1) is 12.8. The molecule has 2 rings (SSSR count). The van der Waals surface area contributed by atoms with Gasteiger partial charge in [0.05, 0.1) is 5.75 Å². The number of hydrogen-bond acceptors (Lipinski definition) is 4. The van der Waals surface area contributed by atoms with Gasteiger partial charge in [-0.2, -0.15) is 0 Å². The summed E-state index contributed by atoms with van der Waals surface area (Å²) in [7, 11) is -3.37. The van der Waals surface area contributed by atoms with E-state index in [-0.39, 0.29) is 17.7 Å². The lowest BCUT2D eigenvalue weighted by atomic mass is 9.68. The summed E-state index contributed by atoms with van der Waals surface area (Å²) in [6, 6.07) is 7.90. The van der Waals surface area contributed by atoms with Crippen molar-refractivity contribution in [3.05, 3.63) is 29.8 Å². The highest BCUT2D eigenvalue weighted by Gasteiger charge is 2.37. The minimum atomic E-state index is -3.37. The van der Waals surface area contributed by atoms with Gasteiger partial charge in [0.15, 0.2) is 0 Å². The lowest BCUT2D eigenvalue weighted by molar-refractivity contribution is 0.109. The normalized spacial score (nSPS) is 24.1. The first-order valence-electron chi connectivity index (χ1n) is 10.3. The van der Waals surface area contributed by atoms with Crippen LogP contribution in [0, 0.1) is 5.92 Å². The molecular weight excluding hydrogens is 358 g/mol. The van der Waals surface area contributed by atoms with Crippen LogP contribution < -0.4 is 10.5 Å². The van der Waals surface area contributed by atoms with Gasteiger partial charge in [-0.05, 0) is 55.0 Å². The third-order valence-electron chi connectivity index (χ3n) is 6.08. The van der Waals surface area contributed by atoms with Crippen LogP contribution in [-0.2, 0) is 15.4 Å². The molecule has 1 aliphatic rings. The number of hydrogen-bond donors (Lipinski definition) is 2. The van der Waals surface area contributed by atoms with E-state index in [0.29, 0.717) is 11.6 Å². The molecule has 0 amide bonds. The Labute approximate surface area is 165 Å². The highest BCUT2D eigenvalue weighted by molar-refractivity contribution is 7.92. The van der Waals surface area contributed by atoms with E-state index in [4.69, 9.17) is 5.73 Å². The van der Waals surface area contributed by atoms with Crippen molar-refractivity contribution in [2.24, 2.45) is 11.7 Å². The second kappa shape index (κ2) is 9.89. The molecule has 1 heterocycles. The van der Waals surface area contributed by atoms with Gasteiger partial charge < -0.3 is 10.6 Å². The molecule has 2 atom stereocenters. The molecule has 0 spiro atoms. The third-order valence-corrected chi connectivity index (χ3v) is 7.40. The Morgan fingerprint density at radius 1 is 1.30 bits per heavy atom. The molecule has 2 unspecified atom stereocenters. The van der Waals surface area contributed by atoms with Crippen LogP contribution in [0.2, 0.25) is 0 Å².